The SMILES string of the molecule is CC1CCN(c2cc(Br)nc(C(C)C)n2)CC1. The number of hydrogen-bond donors (Lipinski definition) is 0. The van der Waals surface area contributed by atoms with Crippen molar-refractivity contribution < 1.29 is 0 Å². The summed E-state index contributed by atoms with van der Waals surface area (Å²) in [4.78, 5) is 11.5. The number of piperidine rings is 1. The van der Waals surface area contributed by atoms with Crippen molar-refractivity contribution in [3.8, 4) is 0 Å². The van der Waals surface area contributed by atoms with E-state index >= 15 is 0 Å². The van der Waals surface area contributed by atoms with Crippen molar-refractivity contribution in [2.24, 2.45) is 5.92 Å². The first-order valence-corrected chi connectivity index (χ1v) is 7.15. The van der Waals surface area contributed by atoms with Crippen LogP contribution in [0.3, 0.4) is 0 Å². The Bertz CT molecular complexity index is 384. The van der Waals surface area contributed by atoms with E-state index in [4.69, 9.17) is 0 Å². The third-order valence-corrected chi connectivity index (χ3v) is 3.73. The molecule has 1 aromatic heterocycles. The van der Waals surface area contributed by atoms with Crippen LogP contribution in [0.25, 0.3) is 0 Å². The van der Waals surface area contributed by atoms with Gasteiger partial charge in [-0.15, -0.1) is 0 Å². The zero-order valence-corrected chi connectivity index (χ0v) is 12.4. The highest BCUT2D eigenvalue weighted by atomic mass is 79.9. The summed E-state index contributed by atoms with van der Waals surface area (Å²) in [5, 5.41) is 0. The predicted molar refractivity (Wildman–Crippen MR) is 74.4 cm³/mol. The molecule has 1 aliphatic rings. The van der Waals surface area contributed by atoms with Gasteiger partial charge in [0.05, 0.1) is 0 Å². The summed E-state index contributed by atoms with van der Waals surface area (Å²) >= 11 is 3.48. The molecule has 0 spiro atoms. The topological polar surface area (TPSA) is 29.0 Å². The zero-order chi connectivity index (χ0) is 12.4. The van der Waals surface area contributed by atoms with Crippen molar-refractivity contribution in [1.29, 1.82) is 0 Å². The first kappa shape index (κ1) is 12.8. The van der Waals surface area contributed by atoms with Crippen molar-refractivity contribution in [2.75, 3.05) is 18.0 Å². The van der Waals surface area contributed by atoms with Gasteiger partial charge in [0.25, 0.3) is 0 Å². The highest BCUT2D eigenvalue weighted by Crippen LogP contribution is 2.24. The highest BCUT2D eigenvalue weighted by Gasteiger charge is 2.18. The summed E-state index contributed by atoms with van der Waals surface area (Å²) in [5.74, 6) is 3.21. The van der Waals surface area contributed by atoms with Crippen LogP contribution in [0.1, 0.15) is 45.4 Å². The quantitative estimate of drug-likeness (QED) is 0.781. The molecule has 94 valence electrons. The molecule has 0 atom stereocenters. The summed E-state index contributed by atoms with van der Waals surface area (Å²) in [6.07, 6.45) is 2.53. The zero-order valence-electron chi connectivity index (χ0n) is 10.8. The lowest BCUT2D eigenvalue weighted by molar-refractivity contribution is 0.436. The molecule has 4 heteroatoms. The number of hydrogen-bond acceptors (Lipinski definition) is 3. The summed E-state index contributed by atoms with van der Waals surface area (Å²) in [6.45, 7) is 8.81. The third kappa shape index (κ3) is 3.18. The molecule has 1 fully saturated rings. The Morgan fingerprint density at radius 3 is 2.53 bits per heavy atom. The van der Waals surface area contributed by atoms with Crippen LogP contribution >= 0.6 is 15.9 Å². The second kappa shape index (κ2) is 5.34. The Labute approximate surface area is 112 Å². The summed E-state index contributed by atoms with van der Waals surface area (Å²) in [7, 11) is 0. The Morgan fingerprint density at radius 2 is 1.94 bits per heavy atom. The minimum Gasteiger partial charge on any atom is -0.356 e. The number of aromatic nitrogens is 2. The molecular weight excluding hydrogens is 278 g/mol. The lowest BCUT2D eigenvalue weighted by Crippen LogP contribution is -2.33. The largest absolute Gasteiger partial charge is 0.356 e. The van der Waals surface area contributed by atoms with Gasteiger partial charge in [-0.2, -0.15) is 0 Å². The average molecular weight is 298 g/mol. The van der Waals surface area contributed by atoms with Gasteiger partial charge >= 0.3 is 0 Å². The standard InChI is InChI=1S/C13H20BrN3/c1-9(2)13-15-11(14)8-12(16-13)17-6-4-10(3)5-7-17/h8-10H,4-7H2,1-3H3. The van der Waals surface area contributed by atoms with Crippen molar-refractivity contribution in [1.82, 2.24) is 9.97 Å². The molecule has 3 nitrogen and oxygen atoms in total. The second-order valence-corrected chi connectivity index (χ2v) is 6.04. The lowest BCUT2D eigenvalue weighted by Gasteiger charge is -2.31. The van der Waals surface area contributed by atoms with E-state index in [0.29, 0.717) is 5.92 Å². The summed E-state index contributed by atoms with van der Waals surface area (Å²) in [5.41, 5.74) is 0. The van der Waals surface area contributed by atoms with Crippen LogP contribution in [0.2, 0.25) is 0 Å². The predicted octanol–water partition coefficient (Wildman–Crippen LogP) is 3.60. The fourth-order valence-corrected chi connectivity index (χ4v) is 2.47. The van der Waals surface area contributed by atoms with Crippen LogP contribution in [0.5, 0.6) is 0 Å². The molecule has 0 unspecified atom stereocenters. The molecule has 2 heterocycles. The van der Waals surface area contributed by atoms with Crippen LogP contribution < -0.4 is 4.90 Å². The first-order chi connectivity index (χ1) is 8.06. The molecule has 17 heavy (non-hydrogen) atoms. The second-order valence-electron chi connectivity index (χ2n) is 5.23. The van der Waals surface area contributed by atoms with E-state index in [0.717, 1.165) is 35.3 Å². The molecule has 1 aliphatic heterocycles. The smallest absolute Gasteiger partial charge is 0.134 e. The van der Waals surface area contributed by atoms with Gasteiger partial charge in [-0.25, -0.2) is 9.97 Å². The molecule has 0 radical (unpaired) electrons. The number of anilines is 1. The Hall–Kier alpha value is -0.640. The molecule has 1 aromatic rings. The summed E-state index contributed by atoms with van der Waals surface area (Å²) in [6, 6.07) is 2.03. The molecule has 0 N–H and O–H groups in total. The molecule has 1 saturated heterocycles. The monoisotopic (exact) mass is 297 g/mol. The molecule has 0 aromatic carbocycles. The van der Waals surface area contributed by atoms with Gasteiger partial charge in [-0.05, 0) is 34.7 Å². The van der Waals surface area contributed by atoms with E-state index in [-0.39, 0.29) is 0 Å². The van der Waals surface area contributed by atoms with E-state index in [2.05, 4.69) is 51.6 Å². The lowest BCUT2D eigenvalue weighted by atomic mass is 9.99. The van der Waals surface area contributed by atoms with E-state index < -0.39 is 0 Å². The number of nitrogens with zero attached hydrogens (tertiary/aromatic N) is 3. The minimum absolute atomic E-state index is 0.370. The molecule has 0 amide bonds. The molecular formula is C13H20BrN3. The minimum atomic E-state index is 0.370. The van der Waals surface area contributed by atoms with E-state index in [9.17, 15) is 0 Å². The fourth-order valence-electron chi connectivity index (χ4n) is 2.08. The molecule has 0 saturated carbocycles. The molecule has 0 aliphatic carbocycles. The third-order valence-electron chi connectivity index (χ3n) is 3.32. The molecule has 2 rings (SSSR count). The van der Waals surface area contributed by atoms with E-state index in [1.54, 1.807) is 0 Å². The van der Waals surface area contributed by atoms with Gasteiger partial charge in [0, 0.05) is 25.1 Å². The van der Waals surface area contributed by atoms with Crippen LogP contribution in [-0.4, -0.2) is 23.1 Å². The average Bonchev–Trinajstić information content (AvgIpc) is 2.29. The fraction of sp³-hybridized carbons (Fsp3) is 0.692. The van der Waals surface area contributed by atoms with Gasteiger partial charge < -0.3 is 4.90 Å². The van der Waals surface area contributed by atoms with Crippen LogP contribution in [-0.2, 0) is 0 Å². The Morgan fingerprint density at radius 1 is 1.29 bits per heavy atom. The van der Waals surface area contributed by atoms with Gasteiger partial charge in [0.2, 0.25) is 0 Å². The van der Waals surface area contributed by atoms with Gasteiger partial charge in [-0.1, -0.05) is 20.8 Å². The summed E-state index contributed by atoms with van der Waals surface area (Å²) < 4.78 is 0.893. The van der Waals surface area contributed by atoms with Crippen LogP contribution in [0.4, 0.5) is 5.82 Å². The van der Waals surface area contributed by atoms with Gasteiger partial charge in [0.1, 0.15) is 16.2 Å². The Balaban J connectivity index is 2.20. The maximum atomic E-state index is 4.67. The van der Waals surface area contributed by atoms with Gasteiger partial charge in [-0.3, -0.25) is 0 Å². The first-order valence-electron chi connectivity index (χ1n) is 6.35. The normalized spacial score (nSPS) is 17.8. The maximum Gasteiger partial charge on any atom is 0.134 e. The van der Waals surface area contributed by atoms with Crippen LogP contribution in [0.15, 0.2) is 10.7 Å². The Kier molecular flexibility index (Phi) is 4.02. The highest BCUT2D eigenvalue weighted by molar-refractivity contribution is 9.10. The van der Waals surface area contributed by atoms with E-state index in [1.165, 1.54) is 12.8 Å². The molecule has 0 bridgehead atoms. The van der Waals surface area contributed by atoms with Crippen molar-refractivity contribution >= 4 is 21.7 Å². The van der Waals surface area contributed by atoms with Crippen molar-refractivity contribution in [2.45, 2.75) is 39.5 Å². The maximum absolute atomic E-state index is 4.67. The van der Waals surface area contributed by atoms with Gasteiger partial charge in [0.15, 0.2) is 0 Å². The van der Waals surface area contributed by atoms with Crippen LogP contribution in [0, 0.1) is 5.92 Å². The number of rotatable bonds is 2. The van der Waals surface area contributed by atoms with E-state index in [1.807, 2.05) is 6.07 Å². The number of halogens is 1. The van der Waals surface area contributed by atoms with Crippen molar-refractivity contribution in [3.63, 3.8) is 0 Å². The van der Waals surface area contributed by atoms with Crippen molar-refractivity contribution in [3.05, 3.63) is 16.5 Å².